The van der Waals surface area contributed by atoms with Gasteiger partial charge in [-0.1, -0.05) is 60.7 Å². The standard InChI is InChI=1S/C24H22N2O/c1-17-13-21-23(14-18(17)2)26(16-25-21)22(19-9-5-3-6-10-19)15-24(27)20-11-7-4-8-12-20/h3-14,16,22H,15H2,1-2H3/t22-/m1/s1. The number of Topliss-reactive ketones (excluding diaryl/α,β-unsaturated/α-hetero) is 1. The zero-order valence-electron chi connectivity index (χ0n) is 15.6. The second kappa shape index (κ2) is 7.20. The maximum absolute atomic E-state index is 12.9. The number of rotatable bonds is 5. The summed E-state index contributed by atoms with van der Waals surface area (Å²) in [6, 6.07) is 23.9. The molecule has 0 bridgehead atoms. The van der Waals surface area contributed by atoms with Gasteiger partial charge in [0.15, 0.2) is 5.78 Å². The highest BCUT2D eigenvalue weighted by molar-refractivity contribution is 5.96. The van der Waals surface area contributed by atoms with Gasteiger partial charge in [0.1, 0.15) is 0 Å². The van der Waals surface area contributed by atoms with Crippen LogP contribution in [0.2, 0.25) is 0 Å². The molecule has 1 atom stereocenters. The van der Waals surface area contributed by atoms with Gasteiger partial charge in [0.2, 0.25) is 0 Å². The van der Waals surface area contributed by atoms with Crippen molar-refractivity contribution in [3.05, 3.63) is 101 Å². The molecule has 4 aromatic rings. The number of fused-ring (bicyclic) bond motifs is 1. The molecule has 0 amide bonds. The molecule has 3 nitrogen and oxygen atoms in total. The maximum Gasteiger partial charge on any atom is 0.165 e. The van der Waals surface area contributed by atoms with Crippen molar-refractivity contribution in [1.82, 2.24) is 9.55 Å². The second-order valence-corrected chi connectivity index (χ2v) is 7.00. The molecular weight excluding hydrogens is 332 g/mol. The Hall–Kier alpha value is -3.20. The molecule has 27 heavy (non-hydrogen) atoms. The minimum Gasteiger partial charge on any atom is -0.322 e. The van der Waals surface area contributed by atoms with Crippen molar-refractivity contribution in [1.29, 1.82) is 0 Å². The number of imidazole rings is 1. The van der Waals surface area contributed by atoms with Gasteiger partial charge in [-0.05, 0) is 42.7 Å². The zero-order valence-corrected chi connectivity index (χ0v) is 15.6. The summed E-state index contributed by atoms with van der Waals surface area (Å²) in [5.41, 5.74) is 6.34. The third kappa shape index (κ3) is 3.41. The smallest absolute Gasteiger partial charge is 0.165 e. The van der Waals surface area contributed by atoms with Crippen molar-refractivity contribution in [2.75, 3.05) is 0 Å². The lowest BCUT2D eigenvalue weighted by atomic mass is 9.97. The molecule has 4 rings (SSSR count). The third-order valence-electron chi connectivity index (χ3n) is 5.18. The van der Waals surface area contributed by atoms with Crippen molar-refractivity contribution in [2.45, 2.75) is 26.3 Å². The van der Waals surface area contributed by atoms with E-state index in [1.807, 2.05) is 54.9 Å². The highest BCUT2D eigenvalue weighted by Gasteiger charge is 2.21. The van der Waals surface area contributed by atoms with E-state index in [0.29, 0.717) is 6.42 Å². The van der Waals surface area contributed by atoms with E-state index in [4.69, 9.17) is 0 Å². The first-order valence-electron chi connectivity index (χ1n) is 9.20. The van der Waals surface area contributed by atoms with Crippen molar-refractivity contribution < 1.29 is 4.79 Å². The van der Waals surface area contributed by atoms with E-state index >= 15 is 0 Å². The molecule has 0 spiro atoms. The third-order valence-corrected chi connectivity index (χ3v) is 5.18. The van der Waals surface area contributed by atoms with Gasteiger partial charge < -0.3 is 4.57 Å². The fraction of sp³-hybridized carbons (Fsp3) is 0.167. The van der Waals surface area contributed by atoms with E-state index in [0.717, 1.165) is 22.2 Å². The predicted octanol–water partition coefficient (Wildman–Crippen LogP) is 5.52. The molecule has 0 unspecified atom stereocenters. The summed E-state index contributed by atoms with van der Waals surface area (Å²) in [6.45, 7) is 4.21. The number of aromatic nitrogens is 2. The van der Waals surface area contributed by atoms with Crippen LogP contribution in [0, 0.1) is 13.8 Å². The predicted molar refractivity (Wildman–Crippen MR) is 109 cm³/mol. The molecule has 0 aliphatic heterocycles. The summed E-state index contributed by atoms with van der Waals surface area (Å²) >= 11 is 0. The SMILES string of the molecule is Cc1cc2ncn([C@H](CC(=O)c3ccccc3)c3ccccc3)c2cc1C. The Balaban J connectivity index is 1.80. The maximum atomic E-state index is 12.9. The number of nitrogens with zero attached hydrogens (tertiary/aromatic N) is 2. The van der Waals surface area contributed by atoms with E-state index in [9.17, 15) is 4.79 Å². The van der Waals surface area contributed by atoms with Crippen LogP contribution >= 0.6 is 0 Å². The summed E-state index contributed by atoms with van der Waals surface area (Å²) in [5, 5.41) is 0. The lowest BCUT2D eigenvalue weighted by Crippen LogP contribution is -2.15. The second-order valence-electron chi connectivity index (χ2n) is 7.00. The summed E-state index contributed by atoms with van der Waals surface area (Å²) in [7, 11) is 0. The van der Waals surface area contributed by atoms with Gasteiger partial charge in [-0.3, -0.25) is 4.79 Å². The van der Waals surface area contributed by atoms with Crippen LogP contribution in [0.15, 0.2) is 79.1 Å². The first-order chi connectivity index (χ1) is 13.1. The lowest BCUT2D eigenvalue weighted by molar-refractivity contribution is 0.0970. The van der Waals surface area contributed by atoms with E-state index in [1.165, 1.54) is 11.1 Å². The monoisotopic (exact) mass is 354 g/mol. The molecular formula is C24H22N2O. The van der Waals surface area contributed by atoms with Crippen LogP contribution in [0.3, 0.4) is 0 Å². The topological polar surface area (TPSA) is 34.9 Å². The summed E-state index contributed by atoms with van der Waals surface area (Å²) in [4.78, 5) is 17.5. The Morgan fingerprint density at radius 1 is 0.926 bits per heavy atom. The van der Waals surface area contributed by atoms with Gasteiger partial charge in [-0.15, -0.1) is 0 Å². The molecule has 0 N–H and O–H groups in total. The molecule has 134 valence electrons. The van der Waals surface area contributed by atoms with Crippen molar-refractivity contribution in [2.24, 2.45) is 0 Å². The molecule has 1 aromatic heterocycles. The van der Waals surface area contributed by atoms with Crippen LogP contribution in [0.4, 0.5) is 0 Å². The first-order valence-corrected chi connectivity index (χ1v) is 9.20. The fourth-order valence-corrected chi connectivity index (χ4v) is 3.50. The first kappa shape index (κ1) is 17.2. The number of carbonyl (C=O) groups excluding carboxylic acids is 1. The van der Waals surface area contributed by atoms with E-state index in [2.05, 4.69) is 47.7 Å². The minimum absolute atomic E-state index is 0.0917. The van der Waals surface area contributed by atoms with E-state index in [-0.39, 0.29) is 11.8 Å². The Morgan fingerprint density at radius 2 is 1.56 bits per heavy atom. The van der Waals surface area contributed by atoms with Gasteiger partial charge in [0.05, 0.1) is 23.4 Å². The Morgan fingerprint density at radius 3 is 2.26 bits per heavy atom. The summed E-state index contributed by atoms with van der Waals surface area (Å²) < 4.78 is 2.14. The van der Waals surface area contributed by atoms with E-state index < -0.39 is 0 Å². The number of ketones is 1. The van der Waals surface area contributed by atoms with Crippen LogP contribution in [0.25, 0.3) is 11.0 Å². The van der Waals surface area contributed by atoms with E-state index in [1.54, 1.807) is 0 Å². The van der Waals surface area contributed by atoms with Crippen LogP contribution in [0.5, 0.6) is 0 Å². The molecule has 0 fully saturated rings. The summed E-state index contributed by atoms with van der Waals surface area (Å²) in [5.74, 6) is 0.134. The van der Waals surface area contributed by atoms with Gasteiger partial charge in [-0.2, -0.15) is 0 Å². The quantitative estimate of drug-likeness (QED) is 0.443. The average Bonchev–Trinajstić information content (AvgIpc) is 3.10. The number of aryl methyl sites for hydroxylation is 2. The molecule has 0 aliphatic rings. The average molecular weight is 354 g/mol. The molecule has 0 radical (unpaired) electrons. The Kier molecular flexibility index (Phi) is 4.59. The number of carbonyl (C=O) groups is 1. The summed E-state index contributed by atoms with van der Waals surface area (Å²) in [6.07, 6.45) is 2.26. The highest BCUT2D eigenvalue weighted by atomic mass is 16.1. The Labute approximate surface area is 159 Å². The number of hydrogen-bond donors (Lipinski definition) is 0. The molecule has 0 saturated heterocycles. The van der Waals surface area contributed by atoms with Crippen LogP contribution in [-0.2, 0) is 0 Å². The molecule has 3 heteroatoms. The minimum atomic E-state index is -0.0917. The van der Waals surface area contributed by atoms with Crippen LogP contribution in [-0.4, -0.2) is 15.3 Å². The van der Waals surface area contributed by atoms with Gasteiger partial charge >= 0.3 is 0 Å². The normalized spacial score (nSPS) is 12.2. The molecule has 1 heterocycles. The largest absolute Gasteiger partial charge is 0.322 e. The van der Waals surface area contributed by atoms with Crippen molar-refractivity contribution in [3.8, 4) is 0 Å². The number of benzene rings is 3. The Bertz CT molecular complexity index is 1080. The highest BCUT2D eigenvalue weighted by Crippen LogP contribution is 2.29. The van der Waals surface area contributed by atoms with Crippen LogP contribution < -0.4 is 0 Å². The molecule has 0 saturated carbocycles. The molecule has 3 aromatic carbocycles. The zero-order chi connectivity index (χ0) is 18.8. The van der Waals surface area contributed by atoms with Gasteiger partial charge in [0, 0.05) is 12.0 Å². The van der Waals surface area contributed by atoms with Crippen molar-refractivity contribution >= 4 is 16.8 Å². The van der Waals surface area contributed by atoms with Crippen LogP contribution in [0.1, 0.15) is 39.5 Å². The van der Waals surface area contributed by atoms with Gasteiger partial charge in [-0.25, -0.2) is 4.98 Å². The lowest BCUT2D eigenvalue weighted by Gasteiger charge is -2.20. The number of hydrogen-bond acceptors (Lipinski definition) is 2. The fourth-order valence-electron chi connectivity index (χ4n) is 3.50. The van der Waals surface area contributed by atoms with Crippen molar-refractivity contribution in [3.63, 3.8) is 0 Å². The van der Waals surface area contributed by atoms with Gasteiger partial charge in [0.25, 0.3) is 0 Å². The molecule has 0 aliphatic carbocycles.